The summed E-state index contributed by atoms with van der Waals surface area (Å²) in [4.78, 5) is 17.8. The molecule has 0 aliphatic rings. The predicted octanol–water partition coefficient (Wildman–Crippen LogP) is 1.07. The molecule has 0 aliphatic heterocycles. The van der Waals surface area contributed by atoms with E-state index >= 15 is 0 Å². The lowest BCUT2D eigenvalue weighted by Crippen LogP contribution is -2.23. The zero-order chi connectivity index (χ0) is 11.1. The topological polar surface area (TPSA) is 47.3 Å². The largest absolute Gasteiger partial charge is 0.291 e. The normalized spacial score (nSPS) is 12.7. The third kappa shape index (κ3) is 1.46. The van der Waals surface area contributed by atoms with Crippen LogP contribution in [0.3, 0.4) is 0 Å². The Bertz CT molecular complexity index is 739. The summed E-state index contributed by atoms with van der Waals surface area (Å²) in [5.41, 5.74) is -0.0889. The Hall–Kier alpha value is -1.53. The molecule has 3 rings (SSSR count). The molecule has 3 heterocycles. The molecule has 0 amide bonds. The van der Waals surface area contributed by atoms with Gasteiger partial charge in [0.2, 0.25) is 4.96 Å². The molecule has 0 saturated carbocycles. The van der Waals surface area contributed by atoms with Gasteiger partial charge in [0, 0.05) is 4.88 Å². The molecule has 0 aromatic carbocycles. The van der Waals surface area contributed by atoms with E-state index in [2.05, 4.69) is 10.1 Å². The van der Waals surface area contributed by atoms with Gasteiger partial charge in [0.1, 0.15) is 5.82 Å². The Morgan fingerprint density at radius 1 is 1.50 bits per heavy atom. The lowest BCUT2D eigenvalue weighted by atomic mass is 10.4. The van der Waals surface area contributed by atoms with Gasteiger partial charge in [-0.3, -0.25) is 4.79 Å². The lowest BCUT2D eigenvalue weighted by molar-refractivity contribution is 0.904. The SMILES string of the molecule is Cc1nc2s/c(=C\c3cccs3)c(=O)n2n1. The van der Waals surface area contributed by atoms with Crippen molar-refractivity contribution in [3.8, 4) is 0 Å². The summed E-state index contributed by atoms with van der Waals surface area (Å²) in [6.07, 6.45) is 1.88. The number of thiazole rings is 1. The summed E-state index contributed by atoms with van der Waals surface area (Å²) in [7, 11) is 0. The predicted molar refractivity (Wildman–Crippen MR) is 65.0 cm³/mol. The summed E-state index contributed by atoms with van der Waals surface area (Å²) in [5, 5.41) is 6.03. The van der Waals surface area contributed by atoms with Gasteiger partial charge in [0.25, 0.3) is 5.56 Å². The van der Waals surface area contributed by atoms with Gasteiger partial charge in [-0.25, -0.2) is 4.98 Å². The third-order valence-electron chi connectivity index (χ3n) is 2.10. The highest BCUT2D eigenvalue weighted by molar-refractivity contribution is 7.15. The maximum atomic E-state index is 11.9. The minimum absolute atomic E-state index is 0.0889. The maximum absolute atomic E-state index is 11.9. The Labute approximate surface area is 98.5 Å². The molecule has 0 unspecified atom stereocenters. The second-order valence-corrected chi connectivity index (χ2v) is 5.27. The van der Waals surface area contributed by atoms with Crippen molar-refractivity contribution in [3.05, 3.63) is 43.1 Å². The van der Waals surface area contributed by atoms with Crippen LogP contribution in [0.5, 0.6) is 0 Å². The summed E-state index contributed by atoms with van der Waals surface area (Å²) in [6.45, 7) is 1.78. The summed E-state index contributed by atoms with van der Waals surface area (Å²) in [6, 6.07) is 3.94. The minimum atomic E-state index is -0.0889. The fourth-order valence-electron chi connectivity index (χ4n) is 1.43. The van der Waals surface area contributed by atoms with Gasteiger partial charge in [0.15, 0.2) is 0 Å². The third-order valence-corrected chi connectivity index (χ3v) is 3.88. The van der Waals surface area contributed by atoms with Crippen molar-refractivity contribution in [2.24, 2.45) is 0 Å². The van der Waals surface area contributed by atoms with E-state index in [0.717, 1.165) is 4.88 Å². The number of nitrogens with zero attached hydrogens (tertiary/aromatic N) is 3. The van der Waals surface area contributed by atoms with Crippen LogP contribution >= 0.6 is 22.7 Å². The van der Waals surface area contributed by atoms with Crippen molar-refractivity contribution in [2.45, 2.75) is 6.92 Å². The Morgan fingerprint density at radius 2 is 2.38 bits per heavy atom. The standard InChI is InChI=1S/C10H7N3OS2/c1-6-11-10-13(12-6)9(14)8(16-10)5-7-3-2-4-15-7/h2-5H,1H3/b8-5-. The van der Waals surface area contributed by atoms with E-state index in [1.807, 2.05) is 23.6 Å². The maximum Gasteiger partial charge on any atom is 0.291 e. The first-order chi connectivity index (χ1) is 7.74. The van der Waals surface area contributed by atoms with Crippen LogP contribution in [0.15, 0.2) is 22.3 Å². The van der Waals surface area contributed by atoms with Crippen molar-refractivity contribution in [3.63, 3.8) is 0 Å². The molecule has 0 saturated heterocycles. The molecule has 6 heteroatoms. The number of aromatic nitrogens is 3. The van der Waals surface area contributed by atoms with Gasteiger partial charge in [-0.15, -0.1) is 16.4 Å². The molecule has 0 fully saturated rings. The summed E-state index contributed by atoms with van der Waals surface area (Å²) < 4.78 is 2.04. The van der Waals surface area contributed by atoms with Crippen LogP contribution < -0.4 is 10.1 Å². The first kappa shape index (κ1) is 9.68. The second kappa shape index (κ2) is 3.50. The van der Waals surface area contributed by atoms with Crippen LogP contribution in [-0.2, 0) is 0 Å². The van der Waals surface area contributed by atoms with Gasteiger partial charge >= 0.3 is 0 Å². The van der Waals surface area contributed by atoms with Gasteiger partial charge in [-0.1, -0.05) is 17.4 Å². The van der Waals surface area contributed by atoms with Gasteiger partial charge < -0.3 is 0 Å². The van der Waals surface area contributed by atoms with Crippen molar-refractivity contribution in [1.82, 2.24) is 14.6 Å². The molecule has 0 aliphatic carbocycles. The van der Waals surface area contributed by atoms with Crippen molar-refractivity contribution in [2.75, 3.05) is 0 Å². The van der Waals surface area contributed by atoms with Crippen LogP contribution in [-0.4, -0.2) is 14.6 Å². The monoisotopic (exact) mass is 249 g/mol. The van der Waals surface area contributed by atoms with E-state index in [1.165, 1.54) is 15.9 Å². The molecule has 0 spiro atoms. The Morgan fingerprint density at radius 3 is 3.06 bits per heavy atom. The van der Waals surface area contributed by atoms with E-state index in [4.69, 9.17) is 0 Å². The smallest absolute Gasteiger partial charge is 0.266 e. The van der Waals surface area contributed by atoms with E-state index < -0.39 is 0 Å². The number of hydrogen-bond donors (Lipinski definition) is 0. The van der Waals surface area contributed by atoms with Crippen molar-refractivity contribution in [1.29, 1.82) is 0 Å². The number of rotatable bonds is 1. The van der Waals surface area contributed by atoms with Gasteiger partial charge in [-0.2, -0.15) is 4.52 Å². The summed E-state index contributed by atoms with van der Waals surface area (Å²) in [5.74, 6) is 0.631. The average Bonchev–Trinajstić information content (AvgIpc) is 2.90. The number of thiophene rings is 1. The molecule has 4 nitrogen and oxygen atoms in total. The van der Waals surface area contributed by atoms with E-state index in [-0.39, 0.29) is 5.56 Å². The number of fused-ring (bicyclic) bond motifs is 1. The Balaban J connectivity index is 2.29. The van der Waals surface area contributed by atoms with Crippen LogP contribution in [0.1, 0.15) is 10.7 Å². The molecule has 0 N–H and O–H groups in total. The molecule has 3 aromatic heterocycles. The number of hydrogen-bond acceptors (Lipinski definition) is 5. The molecule has 16 heavy (non-hydrogen) atoms. The quantitative estimate of drug-likeness (QED) is 0.648. The zero-order valence-corrected chi connectivity index (χ0v) is 10.0. The molecular weight excluding hydrogens is 242 g/mol. The second-order valence-electron chi connectivity index (χ2n) is 3.28. The highest BCUT2D eigenvalue weighted by Gasteiger charge is 2.07. The van der Waals surface area contributed by atoms with Crippen LogP contribution in [0.2, 0.25) is 0 Å². The average molecular weight is 249 g/mol. The van der Waals surface area contributed by atoms with Gasteiger partial charge in [0.05, 0.1) is 4.53 Å². The fraction of sp³-hybridized carbons (Fsp3) is 0.100. The van der Waals surface area contributed by atoms with Crippen LogP contribution in [0.4, 0.5) is 0 Å². The molecule has 0 atom stereocenters. The molecule has 3 aromatic rings. The van der Waals surface area contributed by atoms with E-state index in [9.17, 15) is 4.79 Å². The molecule has 80 valence electrons. The highest BCUT2D eigenvalue weighted by Crippen LogP contribution is 2.09. The molecule has 0 bridgehead atoms. The van der Waals surface area contributed by atoms with Crippen molar-refractivity contribution >= 4 is 33.7 Å². The van der Waals surface area contributed by atoms with Crippen LogP contribution in [0.25, 0.3) is 11.0 Å². The van der Waals surface area contributed by atoms with Crippen molar-refractivity contribution < 1.29 is 0 Å². The van der Waals surface area contributed by atoms with Gasteiger partial charge in [-0.05, 0) is 24.4 Å². The minimum Gasteiger partial charge on any atom is -0.266 e. The number of aryl methyl sites for hydroxylation is 1. The lowest BCUT2D eigenvalue weighted by Gasteiger charge is -1.78. The van der Waals surface area contributed by atoms with Crippen LogP contribution in [0, 0.1) is 6.92 Å². The first-order valence-electron chi connectivity index (χ1n) is 4.65. The Kier molecular flexibility index (Phi) is 2.12. The highest BCUT2D eigenvalue weighted by atomic mass is 32.1. The first-order valence-corrected chi connectivity index (χ1v) is 6.35. The van der Waals surface area contributed by atoms with E-state index in [0.29, 0.717) is 15.3 Å². The zero-order valence-electron chi connectivity index (χ0n) is 8.38. The summed E-state index contributed by atoms with van der Waals surface area (Å²) >= 11 is 2.98. The molecular formula is C10H7N3OS2. The van der Waals surface area contributed by atoms with E-state index in [1.54, 1.807) is 18.3 Å². The molecule has 0 radical (unpaired) electrons. The fourth-order valence-corrected chi connectivity index (χ4v) is 3.11.